The van der Waals surface area contributed by atoms with Crippen molar-refractivity contribution in [3.05, 3.63) is 21.4 Å². The number of carboxylic acid groups (broad SMARTS) is 1. The van der Waals surface area contributed by atoms with Crippen LogP contribution in [0.5, 0.6) is 0 Å². The van der Waals surface area contributed by atoms with Crippen LogP contribution in [0.15, 0.2) is 16.6 Å². The molecule has 1 aromatic heterocycles. The molecule has 0 aliphatic carbocycles. The number of nitrogens with two attached hydrogens (primary N) is 1. The number of piperazine rings is 1. The Hall–Kier alpha value is -2.39. The monoisotopic (exact) mass is 433 g/mol. The Morgan fingerprint density at radius 3 is 2.47 bits per heavy atom. The first-order valence-electron chi connectivity index (χ1n) is 10.6. The van der Waals surface area contributed by atoms with Crippen molar-refractivity contribution in [3.8, 4) is 0 Å². The molecule has 2 aliphatic rings. The van der Waals surface area contributed by atoms with Gasteiger partial charge in [-0.25, -0.2) is 9.79 Å². The Labute approximate surface area is 181 Å². The summed E-state index contributed by atoms with van der Waals surface area (Å²) in [6, 6.07) is 2.04. The summed E-state index contributed by atoms with van der Waals surface area (Å²) in [4.78, 5) is 36.4. The number of nitrogens with zero attached hydrogens (tertiary/aromatic N) is 4. The van der Waals surface area contributed by atoms with Crippen molar-refractivity contribution < 1.29 is 14.7 Å². The summed E-state index contributed by atoms with van der Waals surface area (Å²) in [6.45, 7) is 8.85. The molecule has 0 saturated carbocycles. The van der Waals surface area contributed by atoms with Gasteiger partial charge >= 0.3 is 6.09 Å². The molecule has 0 bridgehead atoms. The van der Waals surface area contributed by atoms with Gasteiger partial charge in [0.25, 0.3) is 0 Å². The van der Waals surface area contributed by atoms with E-state index in [-0.39, 0.29) is 5.91 Å². The van der Waals surface area contributed by atoms with Gasteiger partial charge in [0.15, 0.2) is 0 Å². The van der Waals surface area contributed by atoms with Crippen molar-refractivity contribution in [3.63, 3.8) is 0 Å². The quantitative estimate of drug-likeness (QED) is 0.688. The molecule has 0 aromatic carbocycles. The second kappa shape index (κ2) is 10.1. The number of fused-ring (bicyclic) bond motifs is 1. The summed E-state index contributed by atoms with van der Waals surface area (Å²) in [5.74, 6) is 0.505. The first-order chi connectivity index (χ1) is 14.4. The van der Waals surface area contributed by atoms with Gasteiger partial charge in [-0.15, -0.1) is 11.3 Å². The first-order valence-corrected chi connectivity index (χ1v) is 11.4. The molecule has 1 saturated heterocycles. The molecule has 3 rings (SSSR count). The predicted molar refractivity (Wildman–Crippen MR) is 120 cm³/mol. The van der Waals surface area contributed by atoms with Gasteiger partial charge in [0.1, 0.15) is 5.84 Å². The van der Waals surface area contributed by atoms with Gasteiger partial charge in [-0.1, -0.05) is 13.8 Å². The van der Waals surface area contributed by atoms with Crippen LogP contribution in [0.25, 0.3) is 6.08 Å². The van der Waals surface area contributed by atoms with Crippen LogP contribution in [-0.2, 0) is 11.3 Å². The van der Waals surface area contributed by atoms with Crippen LogP contribution in [0, 0.1) is 0 Å². The minimum absolute atomic E-state index is 0.0458. The molecule has 3 heterocycles. The lowest BCUT2D eigenvalue weighted by atomic mass is 10.1. The molecular weight excluding hydrogens is 402 g/mol. The van der Waals surface area contributed by atoms with Crippen molar-refractivity contribution in [2.45, 2.75) is 39.7 Å². The normalized spacial score (nSPS) is 17.1. The van der Waals surface area contributed by atoms with Gasteiger partial charge in [-0.2, -0.15) is 0 Å². The molecule has 0 atom stereocenters. The number of amides is 2. The molecule has 164 valence electrons. The highest BCUT2D eigenvalue weighted by atomic mass is 32.1. The van der Waals surface area contributed by atoms with E-state index in [1.807, 2.05) is 17.0 Å². The predicted octanol–water partition coefficient (Wildman–Crippen LogP) is 2.97. The summed E-state index contributed by atoms with van der Waals surface area (Å²) in [5, 5.41) is 9.10. The third kappa shape index (κ3) is 5.40. The maximum absolute atomic E-state index is 13.1. The average Bonchev–Trinajstić information content (AvgIpc) is 2.99. The Bertz CT molecular complexity index is 834. The third-order valence-electron chi connectivity index (χ3n) is 5.30. The highest BCUT2D eigenvalue weighted by Gasteiger charge is 2.24. The summed E-state index contributed by atoms with van der Waals surface area (Å²) >= 11 is 1.63. The Balaban J connectivity index is 1.75. The van der Waals surface area contributed by atoms with Crippen LogP contribution in [0.1, 0.15) is 42.9 Å². The first kappa shape index (κ1) is 22.3. The molecule has 3 N–H and O–H groups in total. The molecule has 9 heteroatoms. The number of thiophene rings is 1. The van der Waals surface area contributed by atoms with Crippen LogP contribution < -0.4 is 5.73 Å². The van der Waals surface area contributed by atoms with Gasteiger partial charge in [0, 0.05) is 62.7 Å². The molecule has 1 aromatic rings. The van der Waals surface area contributed by atoms with Crippen molar-refractivity contribution >= 4 is 40.9 Å². The smallest absolute Gasteiger partial charge is 0.407 e. The standard InChI is InChI=1S/C21H31N5O3S/c1-3-5-25(6-4-2)20(27)15-11-18-17(23-19(22)12-15)13-16(30-18)14-24-7-9-26(10-8-24)21(28)29/h11,13H,3-10,12,14H2,1-2H3,(H2,22,23)(H,28,29). The molecule has 0 radical (unpaired) electrons. The number of aliphatic imine (C=N–C) groups is 1. The van der Waals surface area contributed by atoms with Gasteiger partial charge in [0.05, 0.1) is 10.6 Å². The van der Waals surface area contributed by atoms with E-state index in [0.29, 0.717) is 44.0 Å². The molecule has 0 unspecified atom stereocenters. The van der Waals surface area contributed by atoms with Crippen molar-refractivity contribution in [2.24, 2.45) is 10.7 Å². The zero-order valence-corrected chi connectivity index (χ0v) is 18.6. The average molecular weight is 434 g/mol. The molecular formula is C21H31N5O3S. The fourth-order valence-corrected chi connectivity index (χ4v) is 4.94. The van der Waals surface area contributed by atoms with Crippen LogP contribution >= 0.6 is 11.3 Å². The van der Waals surface area contributed by atoms with E-state index >= 15 is 0 Å². The summed E-state index contributed by atoms with van der Waals surface area (Å²) in [7, 11) is 0. The van der Waals surface area contributed by atoms with Crippen LogP contribution in [-0.4, -0.2) is 76.9 Å². The van der Waals surface area contributed by atoms with Crippen molar-refractivity contribution in [1.82, 2.24) is 14.7 Å². The van der Waals surface area contributed by atoms with Crippen molar-refractivity contribution in [1.29, 1.82) is 0 Å². The second-order valence-electron chi connectivity index (χ2n) is 7.75. The largest absolute Gasteiger partial charge is 0.465 e. The minimum atomic E-state index is -0.857. The maximum Gasteiger partial charge on any atom is 0.407 e. The second-order valence-corrected chi connectivity index (χ2v) is 8.92. The fourth-order valence-electron chi connectivity index (χ4n) is 3.83. The number of hydrogen-bond acceptors (Lipinski definition) is 6. The van der Waals surface area contributed by atoms with Gasteiger partial charge in [-0.3, -0.25) is 9.69 Å². The number of carbonyl (C=O) groups excluding carboxylic acids is 1. The highest BCUT2D eigenvalue weighted by Crippen LogP contribution is 2.35. The van der Waals surface area contributed by atoms with E-state index < -0.39 is 6.09 Å². The Morgan fingerprint density at radius 2 is 1.87 bits per heavy atom. The maximum atomic E-state index is 13.1. The lowest BCUT2D eigenvalue weighted by Crippen LogP contribution is -2.47. The number of rotatable bonds is 7. The van der Waals surface area contributed by atoms with E-state index in [9.17, 15) is 9.59 Å². The minimum Gasteiger partial charge on any atom is -0.465 e. The van der Waals surface area contributed by atoms with Crippen LogP contribution in [0.4, 0.5) is 10.5 Å². The summed E-state index contributed by atoms with van der Waals surface area (Å²) < 4.78 is 0. The molecule has 2 aliphatic heterocycles. The number of carbonyl (C=O) groups is 2. The van der Waals surface area contributed by atoms with Crippen molar-refractivity contribution in [2.75, 3.05) is 39.3 Å². The zero-order valence-electron chi connectivity index (χ0n) is 17.8. The fraction of sp³-hybridized carbons (Fsp3) is 0.571. The Morgan fingerprint density at radius 1 is 1.20 bits per heavy atom. The summed E-state index contributed by atoms with van der Waals surface area (Å²) in [5.41, 5.74) is 7.65. The van der Waals surface area contributed by atoms with Gasteiger partial charge in [-0.05, 0) is 25.0 Å². The van der Waals surface area contributed by atoms with Crippen LogP contribution in [0.3, 0.4) is 0 Å². The zero-order chi connectivity index (χ0) is 21.7. The molecule has 1 fully saturated rings. The SMILES string of the molecule is CCCN(CCC)C(=O)C1=Cc2sc(CN3CCN(C(=O)O)CC3)cc2N=C(N)C1. The number of amidine groups is 1. The molecule has 30 heavy (non-hydrogen) atoms. The highest BCUT2D eigenvalue weighted by molar-refractivity contribution is 7.13. The lowest BCUT2D eigenvalue weighted by molar-refractivity contribution is -0.127. The molecule has 2 amide bonds. The molecule has 8 nitrogen and oxygen atoms in total. The van der Waals surface area contributed by atoms with E-state index in [4.69, 9.17) is 10.8 Å². The van der Waals surface area contributed by atoms with Gasteiger partial charge < -0.3 is 20.6 Å². The topological polar surface area (TPSA) is 102 Å². The van der Waals surface area contributed by atoms with E-state index in [1.165, 1.54) is 4.90 Å². The Kier molecular flexibility index (Phi) is 7.49. The lowest BCUT2D eigenvalue weighted by Gasteiger charge is -2.32. The van der Waals surface area contributed by atoms with E-state index in [0.717, 1.165) is 47.9 Å². The molecule has 0 spiro atoms. The van der Waals surface area contributed by atoms with Gasteiger partial charge in [0.2, 0.25) is 5.91 Å². The number of hydrogen-bond donors (Lipinski definition) is 2. The third-order valence-corrected chi connectivity index (χ3v) is 6.36. The van der Waals surface area contributed by atoms with E-state index in [1.54, 1.807) is 11.3 Å². The van der Waals surface area contributed by atoms with E-state index in [2.05, 4.69) is 23.7 Å². The van der Waals surface area contributed by atoms with Crippen LogP contribution in [0.2, 0.25) is 0 Å². The summed E-state index contributed by atoms with van der Waals surface area (Å²) in [6.07, 6.45) is 3.31.